The zero-order valence-corrected chi connectivity index (χ0v) is 12.1. The van der Waals surface area contributed by atoms with Crippen LogP contribution >= 0.6 is 11.3 Å². The normalized spacial score (nSPS) is 31.6. The number of piperidine rings is 3. The molecule has 20 heavy (non-hydrogen) atoms. The molecule has 0 saturated carbocycles. The van der Waals surface area contributed by atoms with E-state index < -0.39 is 11.6 Å². The van der Waals surface area contributed by atoms with Gasteiger partial charge in [0.25, 0.3) is 0 Å². The molecular formula is C15H19NO3S. The summed E-state index contributed by atoms with van der Waals surface area (Å²) in [6.45, 7) is 6.57. The number of rotatable bonds is 4. The third kappa shape index (κ3) is 2.30. The Kier molecular flexibility index (Phi) is 3.67. The first-order chi connectivity index (χ1) is 9.63. The fourth-order valence-corrected chi connectivity index (χ4v) is 3.86. The lowest BCUT2D eigenvalue weighted by Crippen LogP contribution is -2.53. The Morgan fingerprint density at radius 3 is 2.80 bits per heavy atom. The molecule has 3 fully saturated rings. The first kappa shape index (κ1) is 13.8. The monoisotopic (exact) mass is 293 g/mol. The van der Waals surface area contributed by atoms with Gasteiger partial charge in [-0.3, -0.25) is 4.90 Å². The van der Waals surface area contributed by atoms with Gasteiger partial charge in [-0.25, -0.2) is 4.79 Å². The van der Waals surface area contributed by atoms with Crippen LogP contribution in [-0.2, 0) is 15.1 Å². The molecule has 3 saturated heterocycles. The number of fused-ring (bicyclic) bond motifs is 3. The van der Waals surface area contributed by atoms with Crippen molar-refractivity contribution in [1.29, 1.82) is 0 Å². The Morgan fingerprint density at radius 1 is 1.55 bits per heavy atom. The van der Waals surface area contributed by atoms with Gasteiger partial charge in [-0.15, -0.1) is 11.3 Å². The summed E-state index contributed by atoms with van der Waals surface area (Å²) in [4.78, 5) is 15.3. The number of esters is 1. The van der Waals surface area contributed by atoms with Gasteiger partial charge in [0.1, 0.15) is 6.10 Å². The SMILES string of the molecule is C=CC(O)(C(=O)O[C@H]1CN2CCC1CC2)c1cccs1. The largest absolute Gasteiger partial charge is 0.458 e. The molecule has 3 aliphatic heterocycles. The van der Waals surface area contributed by atoms with Crippen molar-refractivity contribution >= 4 is 17.3 Å². The predicted molar refractivity (Wildman–Crippen MR) is 77.5 cm³/mol. The minimum atomic E-state index is -1.72. The fraction of sp³-hybridized carbons (Fsp3) is 0.533. The van der Waals surface area contributed by atoms with Gasteiger partial charge in [-0.1, -0.05) is 12.6 Å². The van der Waals surface area contributed by atoms with Crippen LogP contribution in [-0.4, -0.2) is 41.7 Å². The van der Waals surface area contributed by atoms with Crippen LogP contribution in [0.3, 0.4) is 0 Å². The van der Waals surface area contributed by atoms with Gasteiger partial charge in [-0.05, 0) is 49.4 Å². The van der Waals surface area contributed by atoms with E-state index in [1.165, 1.54) is 17.4 Å². The Hall–Kier alpha value is -1.17. The molecule has 0 aromatic carbocycles. The van der Waals surface area contributed by atoms with Gasteiger partial charge < -0.3 is 9.84 Å². The summed E-state index contributed by atoms with van der Waals surface area (Å²) in [5.74, 6) is -0.171. The van der Waals surface area contributed by atoms with Crippen LogP contribution in [0.5, 0.6) is 0 Å². The van der Waals surface area contributed by atoms with Crippen molar-refractivity contribution in [2.24, 2.45) is 5.92 Å². The second-order valence-electron chi connectivity index (χ2n) is 5.53. The molecule has 1 aromatic rings. The molecule has 3 aliphatic rings. The summed E-state index contributed by atoms with van der Waals surface area (Å²) in [5, 5.41) is 12.4. The van der Waals surface area contributed by atoms with E-state index in [2.05, 4.69) is 11.5 Å². The van der Waals surface area contributed by atoms with Crippen molar-refractivity contribution in [2.75, 3.05) is 19.6 Å². The molecule has 1 aromatic heterocycles. The minimum Gasteiger partial charge on any atom is -0.458 e. The number of nitrogens with zero attached hydrogens (tertiary/aromatic N) is 1. The van der Waals surface area contributed by atoms with Crippen LogP contribution in [0.1, 0.15) is 17.7 Å². The summed E-state index contributed by atoms with van der Waals surface area (Å²) >= 11 is 1.33. The zero-order valence-electron chi connectivity index (χ0n) is 11.3. The molecule has 1 N–H and O–H groups in total. The quantitative estimate of drug-likeness (QED) is 0.679. The van der Waals surface area contributed by atoms with Gasteiger partial charge >= 0.3 is 5.97 Å². The number of ether oxygens (including phenoxy) is 1. The molecule has 4 nitrogen and oxygen atoms in total. The summed E-state index contributed by atoms with van der Waals surface area (Å²) in [6, 6.07) is 3.53. The standard InChI is InChI=1S/C15H19NO3S/c1-2-15(18,13-4-3-9-20-13)14(17)19-12-10-16-7-5-11(12)6-8-16/h2-4,9,11-12,18H,1,5-8,10H2/t12-,15?/m0/s1. The maximum Gasteiger partial charge on any atom is 0.348 e. The summed E-state index contributed by atoms with van der Waals surface area (Å²) in [7, 11) is 0. The number of thiophene rings is 1. The molecule has 108 valence electrons. The first-order valence-electron chi connectivity index (χ1n) is 6.97. The Balaban J connectivity index is 1.73. The number of carbonyl (C=O) groups excluding carboxylic acids is 1. The molecule has 2 bridgehead atoms. The molecule has 0 aliphatic carbocycles. The van der Waals surface area contributed by atoms with Gasteiger partial charge in [0.2, 0.25) is 5.60 Å². The van der Waals surface area contributed by atoms with Crippen molar-refractivity contribution in [3.63, 3.8) is 0 Å². The van der Waals surface area contributed by atoms with Gasteiger partial charge in [0.15, 0.2) is 0 Å². The lowest BCUT2D eigenvalue weighted by molar-refractivity contribution is -0.176. The van der Waals surface area contributed by atoms with Crippen molar-refractivity contribution in [1.82, 2.24) is 4.90 Å². The summed E-state index contributed by atoms with van der Waals surface area (Å²) in [6.07, 6.45) is 3.31. The average molecular weight is 293 g/mol. The van der Waals surface area contributed by atoms with E-state index in [4.69, 9.17) is 4.74 Å². The number of aliphatic hydroxyl groups is 1. The highest BCUT2D eigenvalue weighted by Crippen LogP contribution is 2.33. The van der Waals surface area contributed by atoms with E-state index in [1.807, 2.05) is 5.38 Å². The van der Waals surface area contributed by atoms with Crippen LogP contribution in [0.4, 0.5) is 0 Å². The van der Waals surface area contributed by atoms with E-state index in [1.54, 1.807) is 12.1 Å². The van der Waals surface area contributed by atoms with Crippen molar-refractivity contribution in [2.45, 2.75) is 24.5 Å². The Labute approximate surface area is 122 Å². The third-order valence-electron chi connectivity index (χ3n) is 4.36. The molecular weight excluding hydrogens is 274 g/mol. The number of hydrogen-bond acceptors (Lipinski definition) is 5. The second-order valence-corrected chi connectivity index (χ2v) is 6.48. The van der Waals surface area contributed by atoms with Crippen LogP contribution in [0.15, 0.2) is 30.2 Å². The lowest BCUT2D eigenvalue weighted by Gasteiger charge is -2.44. The van der Waals surface area contributed by atoms with Gasteiger partial charge in [-0.2, -0.15) is 0 Å². The van der Waals surface area contributed by atoms with Crippen molar-refractivity contribution in [3.8, 4) is 0 Å². The summed E-state index contributed by atoms with van der Waals surface area (Å²) in [5.41, 5.74) is -1.72. The van der Waals surface area contributed by atoms with Crippen LogP contribution in [0, 0.1) is 5.92 Å². The van der Waals surface area contributed by atoms with E-state index in [9.17, 15) is 9.90 Å². The average Bonchev–Trinajstić information content (AvgIpc) is 3.02. The topological polar surface area (TPSA) is 49.8 Å². The lowest BCUT2D eigenvalue weighted by atomic mass is 9.85. The highest BCUT2D eigenvalue weighted by molar-refractivity contribution is 7.10. The Bertz CT molecular complexity index is 493. The molecule has 0 amide bonds. The minimum absolute atomic E-state index is 0.101. The number of hydrogen-bond donors (Lipinski definition) is 1. The zero-order chi connectivity index (χ0) is 14.2. The van der Waals surface area contributed by atoms with E-state index in [0.29, 0.717) is 10.8 Å². The van der Waals surface area contributed by atoms with E-state index in [0.717, 1.165) is 32.5 Å². The second kappa shape index (κ2) is 5.31. The van der Waals surface area contributed by atoms with Crippen LogP contribution in [0.2, 0.25) is 0 Å². The van der Waals surface area contributed by atoms with Gasteiger partial charge in [0.05, 0.1) is 4.88 Å². The van der Waals surface area contributed by atoms with Crippen molar-refractivity contribution in [3.05, 3.63) is 35.0 Å². The smallest absolute Gasteiger partial charge is 0.348 e. The highest BCUT2D eigenvalue weighted by atomic mass is 32.1. The maximum atomic E-state index is 12.4. The van der Waals surface area contributed by atoms with E-state index in [-0.39, 0.29) is 6.10 Å². The fourth-order valence-electron chi connectivity index (χ4n) is 3.05. The van der Waals surface area contributed by atoms with Crippen molar-refractivity contribution < 1.29 is 14.6 Å². The predicted octanol–water partition coefficient (Wildman–Crippen LogP) is 1.76. The highest BCUT2D eigenvalue weighted by Gasteiger charge is 2.42. The Morgan fingerprint density at radius 2 is 2.30 bits per heavy atom. The van der Waals surface area contributed by atoms with Crippen LogP contribution in [0.25, 0.3) is 0 Å². The summed E-state index contributed by atoms with van der Waals surface area (Å²) < 4.78 is 5.61. The number of carbonyl (C=O) groups is 1. The van der Waals surface area contributed by atoms with Gasteiger partial charge in [0, 0.05) is 6.54 Å². The maximum absolute atomic E-state index is 12.4. The first-order valence-corrected chi connectivity index (χ1v) is 7.85. The van der Waals surface area contributed by atoms with Crippen LogP contribution < -0.4 is 0 Å². The molecule has 5 heteroatoms. The molecule has 4 heterocycles. The molecule has 0 spiro atoms. The molecule has 2 atom stereocenters. The molecule has 1 unspecified atom stereocenters. The third-order valence-corrected chi connectivity index (χ3v) is 5.35. The molecule has 4 rings (SSSR count). The van der Waals surface area contributed by atoms with E-state index >= 15 is 0 Å². The molecule has 0 radical (unpaired) electrons.